The number of rotatable bonds is 4. The summed E-state index contributed by atoms with van der Waals surface area (Å²) < 4.78 is 28.6. The summed E-state index contributed by atoms with van der Waals surface area (Å²) in [4.78, 5) is 15.2. The minimum Gasteiger partial charge on any atom is -0.394 e. The molecule has 1 saturated carbocycles. The number of morpholine rings is 1. The van der Waals surface area contributed by atoms with Crippen LogP contribution < -0.4 is 0 Å². The van der Waals surface area contributed by atoms with Gasteiger partial charge in [0.2, 0.25) is 5.91 Å². The summed E-state index contributed by atoms with van der Waals surface area (Å²) >= 11 is 0. The average molecular weight is 353 g/mol. The molecule has 1 atom stereocenters. The van der Waals surface area contributed by atoms with Crippen LogP contribution in [0.4, 0.5) is 0 Å². The van der Waals surface area contributed by atoms with Gasteiger partial charge in [0.1, 0.15) is 0 Å². The smallest absolute Gasteiger partial charge is 0.233 e. The maximum absolute atomic E-state index is 13.2. The largest absolute Gasteiger partial charge is 0.394 e. The van der Waals surface area contributed by atoms with Gasteiger partial charge in [-0.05, 0) is 30.5 Å². The second kappa shape index (κ2) is 6.46. The number of hydrogen-bond donors (Lipinski definition) is 1. The zero-order chi connectivity index (χ0) is 17.4. The maximum atomic E-state index is 13.2. The third-order valence-corrected chi connectivity index (χ3v) is 6.28. The molecule has 1 N–H and O–H groups in total. The van der Waals surface area contributed by atoms with E-state index in [9.17, 15) is 18.3 Å². The van der Waals surface area contributed by atoms with Crippen LogP contribution in [0.2, 0.25) is 0 Å². The molecule has 0 unspecified atom stereocenters. The molecule has 1 aromatic carbocycles. The second-order valence-electron chi connectivity index (χ2n) is 6.64. The van der Waals surface area contributed by atoms with Crippen molar-refractivity contribution in [2.75, 3.05) is 32.6 Å². The van der Waals surface area contributed by atoms with Crippen LogP contribution in [0.5, 0.6) is 0 Å². The van der Waals surface area contributed by atoms with Crippen molar-refractivity contribution in [2.24, 2.45) is 0 Å². The first-order chi connectivity index (χ1) is 11.4. The van der Waals surface area contributed by atoms with Crippen LogP contribution in [-0.2, 0) is 24.8 Å². The van der Waals surface area contributed by atoms with Gasteiger partial charge in [0.15, 0.2) is 9.84 Å². The Morgan fingerprint density at radius 3 is 2.50 bits per heavy atom. The number of ether oxygens (including phenoxy) is 1. The van der Waals surface area contributed by atoms with Gasteiger partial charge in [0, 0.05) is 12.8 Å². The number of aliphatic hydroxyl groups excluding tert-OH is 1. The van der Waals surface area contributed by atoms with E-state index in [2.05, 4.69) is 0 Å². The summed E-state index contributed by atoms with van der Waals surface area (Å²) in [5.74, 6) is 0.0169. The predicted octanol–water partition coefficient (Wildman–Crippen LogP) is 0.731. The van der Waals surface area contributed by atoms with Gasteiger partial charge in [-0.25, -0.2) is 8.42 Å². The lowest BCUT2D eigenvalue weighted by Crippen LogP contribution is -2.58. The van der Waals surface area contributed by atoms with Crippen LogP contribution in [-0.4, -0.2) is 63.0 Å². The Labute approximate surface area is 142 Å². The molecule has 132 valence electrons. The molecular weight excluding hydrogens is 330 g/mol. The Morgan fingerprint density at radius 2 is 2.00 bits per heavy atom. The van der Waals surface area contributed by atoms with E-state index in [-0.39, 0.29) is 23.5 Å². The van der Waals surface area contributed by atoms with E-state index in [1.54, 1.807) is 29.2 Å². The van der Waals surface area contributed by atoms with Crippen molar-refractivity contribution >= 4 is 15.7 Å². The molecule has 1 saturated heterocycles. The van der Waals surface area contributed by atoms with Gasteiger partial charge in [-0.15, -0.1) is 0 Å². The number of amides is 1. The molecule has 1 heterocycles. The highest BCUT2D eigenvalue weighted by atomic mass is 32.2. The highest BCUT2D eigenvalue weighted by molar-refractivity contribution is 7.90. The molecule has 6 nitrogen and oxygen atoms in total. The lowest BCUT2D eigenvalue weighted by atomic mass is 9.63. The van der Waals surface area contributed by atoms with Crippen molar-refractivity contribution in [1.29, 1.82) is 0 Å². The number of nitrogens with zero attached hydrogens (tertiary/aromatic N) is 1. The first-order valence-electron chi connectivity index (χ1n) is 8.19. The molecule has 24 heavy (non-hydrogen) atoms. The van der Waals surface area contributed by atoms with Gasteiger partial charge >= 0.3 is 0 Å². The van der Waals surface area contributed by atoms with E-state index in [0.29, 0.717) is 19.8 Å². The monoisotopic (exact) mass is 353 g/mol. The van der Waals surface area contributed by atoms with Gasteiger partial charge < -0.3 is 14.7 Å². The SMILES string of the molecule is CS(=O)(=O)c1ccc(C2(C(=O)N3CCOC[C@@H]3CO)CCC2)cc1. The molecule has 2 fully saturated rings. The van der Waals surface area contributed by atoms with E-state index >= 15 is 0 Å². The van der Waals surface area contributed by atoms with E-state index in [4.69, 9.17) is 4.74 Å². The van der Waals surface area contributed by atoms with Crippen molar-refractivity contribution in [3.8, 4) is 0 Å². The summed E-state index contributed by atoms with van der Waals surface area (Å²) in [5, 5.41) is 9.52. The highest BCUT2D eigenvalue weighted by Gasteiger charge is 2.49. The van der Waals surface area contributed by atoms with Crippen molar-refractivity contribution in [3.05, 3.63) is 29.8 Å². The number of benzene rings is 1. The highest BCUT2D eigenvalue weighted by Crippen LogP contribution is 2.45. The Kier molecular flexibility index (Phi) is 4.68. The Bertz CT molecular complexity index is 709. The molecule has 3 rings (SSSR count). The Balaban J connectivity index is 1.90. The van der Waals surface area contributed by atoms with Gasteiger partial charge in [-0.1, -0.05) is 18.6 Å². The first kappa shape index (κ1) is 17.4. The Morgan fingerprint density at radius 1 is 1.33 bits per heavy atom. The fourth-order valence-corrected chi connectivity index (χ4v) is 4.16. The van der Waals surface area contributed by atoms with E-state index in [0.717, 1.165) is 24.8 Å². The lowest BCUT2D eigenvalue weighted by molar-refractivity contribution is -0.151. The van der Waals surface area contributed by atoms with Crippen LogP contribution in [0, 0.1) is 0 Å². The molecule has 1 aliphatic heterocycles. The number of hydrogen-bond acceptors (Lipinski definition) is 5. The summed E-state index contributed by atoms with van der Waals surface area (Å²) in [5.41, 5.74) is 0.259. The average Bonchev–Trinajstić information content (AvgIpc) is 2.53. The lowest BCUT2D eigenvalue weighted by Gasteiger charge is -2.47. The zero-order valence-corrected chi connectivity index (χ0v) is 14.6. The standard InChI is InChI=1S/C17H23NO5S/c1-24(21,22)15-5-3-13(4-6-15)17(7-2-8-17)16(20)18-9-10-23-12-14(18)11-19/h3-6,14,19H,2,7-12H2,1H3/t14-/m0/s1. The van der Waals surface area contributed by atoms with Crippen LogP contribution in [0.1, 0.15) is 24.8 Å². The number of carbonyl (C=O) groups excluding carboxylic acids is 1. The van der Waals surface area contributed by atoms with E-state index < -0.39 is 15.3 Å². The minimum absolute atomic E-state index is 0.0169. The Hall–Kier alpha value is -1.44. The third kappa shape index (κ3) is 2.96. The first-order valence-corrected chi connectivity index (χ1v) is 10.1. The maximum Gasteiger partial charge on any atom is 0.233 e. The molecule has 0 aromatic heterocycles. The molecule has 2 aliphatic rings. The second-order valence-corrected chi connectivity index (χ2v) is 8.66. The molecule has 0 radical (unpaired) electrons. The van der Waals surface area contributed by atoms with Gasteiger partial charge in [0.05, 0.1) is 36.2 Å². The van der Waals surface area contributed by atoms with Gasteiger partial charge in [0.25, 0.3) is 0 Å². The van der Waals surface area contributed by atoms with Crippen molar-refractivity contribution in [1.82, 2.24) is 4.90 Å². The van der Waals surface area contributed by atoms with E-state index in [1.165, 1.54) is 6.26 Å². The third-order valence-electron chi connectivity index (χ3n) is 5.15. The minimum atomic E-state index is -3.25. The molecule has 1 aromatic rings. The van der Waals surface area contributed by atoms with Gasteiger partial charge in [-0.2, -0.15) is 0 Å². The number of carbonyl (C=O) groups is 1. The fourth-order valence-electron chi connectivity index (χ4n) is 3.53. The predicted molar refractivity (Wildman–Crippen MR) is 88.5 cm³/mol. The van der Waals surface area contributed by atoms with E-state index in [1.807, 2.05) is 0 Å². The molecule has 1 amide bonds. The summed E-state index contributed by atoms with van der Waals surface area (Å²) in [7, 11) is -3.25. The van der Waals surface area contributed by atoms with Crippen LogP contribution in [0.25, 0.3) is 0 Å². The summed E-state index contributed by atoms with van der Waals surface area (Å²) in [6.45, 7) is 1.19. The molecule has 7 heteroatoms. The molecule has 0 bridgehead atoms. The molecule has 1 aliphatic carbocycles. The van der Waals surface area contributed by atoms with Crippen LogP contribution in [0.15, 0.2) is 29.2 Å². The zero-order valence-electron chi connectivity index (χ0n) is 13.8. The summed E-state index contributed by atoms with van der Waals surface area (Å²) in [6.07, 6.45) is 3.64. The number of aliphatic hydroxyl groups is 1. The van der Waals surface area contributed by atoms with Gasteiger partial charge in [-0.3, -0.25) is 4.79 Å². The summed E-state index contributed by atoms with van der Waals surface area (Å²) in [6, 6.07) is 6.34. The number of sulfone groups is 1. The van der Waals surface area contributed by atoms with Crippen molar-refractivity contribution in [3.63, 3.8) is 0 Å². The van der Waals surface area contributed by atoms with Crippen molar-refractivity contribution < 1.29 is 23.1 Å². The van der Waals surface area contributed by atoms with Crippen molar-refractivity contribution in [2.45, 2.75) is 35.6 Å². The van der Waals surface area contributed by atoms with Crippen LogP contribution >= 0.6 is 0 Å². The topological polar surface area (TPSA) is 83.9 Å². The fraction of sp³-hybridized carbons (Fsp3) is 0.588. The normalized spacial score (nSPS) is 23.6. The molecular formula is C17H23NO5S. The van der Waals surface area contributed by atoms with Crippen LogP contribution in [0.3, 0.4) is 0 Å². The quantitative estimate of drug-likeness (QED) is 0.863. The molecule has 0 spiro atoms.